The summed E-state index contributed by atoms with van der Waals surface area (Å²) in [6, 6.07) is 10.8. The van der Waals surface area contributed by atoms with E-state index in [4.69, 9.17) is 20.2 Å². The fraction of sp³-hybridized carbons (Fsp3) is 0.400. The number of amides is 2. The van der Waals surface area contributed by atoms with Gasteiger partial charge < -0.3 is 30.7 Å². The van der Waals surface area contributed by atoms with Crippen LogP contribution in [-0.4, -0.2) is 64.4 Å². The van der Waals surface area contributed by atoms with Crippen LogP contribution < -0.4 is 26.0 Å². The number of carbonyl (C=O) groups excluding carboxylic acids is 1. The number of rotatable bonds is 9. The van der Waals surface area contributed by atoms with Crippen molar-refractivity contribution < 1.29 is 14.3 Å². The SMILES string of the molecule is NCCCCOc1nc(-c2ccc(NC(=O)Nc3cccnc3)cc2)nc(N2CC3CCC(C2)O3)n1. The molecule has 2 aliphatic heterocycles. The first-order chi connectivity index (χ1) is 17.7. The third-order valence-corrected chi connectivity index (χ3v) is 6.08. The molecule has 5 rings (SSSR count). The van der Waals surface area contributed by atoms with E-state index in [9.17, 15) is 4.79 Å². The smallest absolute Gasteiger partial charge is 0.323 e. The highest BCUT2D eigenvalue weighted by molar-refractivity contribution is 5.99. The van der Waals surface area contributed by atoms with Crippen molar-refractivity contribution in [3.63, 3.8) is 0 Å². The van der Waals surface area contributed by atoms with Crippen LogP contribution >= 0.6 is 0 Å². The Kier molecular flexibility index (Phi) is 7.48. The van der Waals surface area contributed by atoms with E-state index in [2.05, 4.69) is 30.5 Å². The van der Waals surface area contributed by atoms with Crippen LogP contribution in [0.15, 0.2) is 48.8 Å². The summed E-state index contributed by atoms with van der Waals surface area (Å²) in [5.74, 6) is 1.10. The highest BCUT2D eigenvalue weighted by atomic mass is 16.5. The number of hydrogen-bond acceptors (Lipinski definition) is 9. The van der Waals surface area contributed by atoms with Gasteiger partial charge in [-0.05, 0) is 68.6 Å². The van der Waals surface area contributed by atoms with Crippen LogP contribution in [0.1, 0.15) is 25.7 Å². The Morgan fingerprint density at radius 2 is 1.81 bits per heavy atom. The van der Waals surface area contributed by atoms with Gasteiger partial charge in [0.25, 0.3) is 0 Å². The van der Waals surface area contributed by atoms with Crippen LogP contribution in [0.4, 0.5) is 22.1 Å². The van der Waals surface area contributed by atoms with E-state index in [0.29, 0.717) is 42.3 Å². The van der Waals surface area contributed by atoms with Crippen molar-refractivity contribution in [3.8, 4) is 17.4 Å². The molecule has 2 fully saturated rings. The van der Waals surface area contributed by atoms with Crippen molar-refractivity contribution in [2.45, 2.75) is 37.9 Å². The molecule has 4 heterocycles. The molecule has 0 aliphatic carbocycles. The third-order valence-electron chi connectivity index (χ3n) is 6.08. The number of benzene rings is 1. The van der Waals surface area contributed by atoms with Crippen LogP contribution in [-0.2, 0) is 4.74 Å². The summed E-state index contributed by atoms with van der Waals surface area (Å²) in [5, 5.41) is 5.56. The molecule has 4 N–H and O–H groups in total. The highest BCUT2D eigenvalue weighted by Gasteiger charge is 2.35. The van der Waals surface area contributed by atoms with Crippen molar-refractivity contribution in [3.05, 3.63) is 48.8 Å². The molecule has 2 saturated heterocycles. The number of pyridine rings is 1. The normalized spacial score (nSPS) is 18.6. The molecule has 0 radical (unpaired) electrons. The minimum absolute atomic E-state index is 0.209. The monoisotopic (exact) mass is 490 g/mol. The summed E-state index contributed by atoms with van der Waals surface area (Å²) in [4.78, 5) is 32.3. The second-order valence-corrected chi connectivity index (χ2v) is 8.85. The summed E-state index contributed by atoms with van der Waals surface area (Å²) < 4.78 is 11.8. The lowest BCUT2D eigenvalue weighted by Crippen LogP contribution is -2.43. The van der Waals surface area contributed by atoms with Crippen molar-refractivity contribution in [1.82, 2.24) is 19.9 Å². The van der Waals surface area contributed by atoms with Gasteiger partial charge in [-0.25, -0.2) is 4.79 Å². The number of anilines is 3. The van der Waals surface area contributed by atoms with E-state index < -0.39 is 0 Å². The summed E-state index contributed by atoms with van der Waals surface area (Å²) >= 11 is 0. The predicted octanol–water partition coefficient (Wildman–Crippen LogP) is 3.06. The molecule has 2 bridgehead atoms. The van der Waals surface area contributed by atoms with Crippen LogP contribution in [0.3, 0.4) is 0 Å². The molecule has 2 aliphatic rings. The quantitative estimate of drug-likeness (QED) is 0.386. The minimum atomic E-state index is -0.353. The number of unbranched alkanes of at least 4 members (excludes halogenated alkanes) is 1. The summed E-state index contributed by atoms with van der Waals surface area (Å²) in [6.45, 7) is 2.61. The topological polar surface area (TPSA) is 140 Å². The molecule has 2 unspecified atom stereocenters. The number of morpholine rings is 1. The van der Waals surface area contributed by atoms with Gasteiger partial charge in [-0.1, -0.05) is 0 Å². The number of nitrogens with one attached hydrogen (secondary N) is 2. The largest absolute Gasteiger partial charge is 0.463 e. The molecular formula is C25H30N8O3. The maximum absolute atomic E-state index is 12.3. The van der Waals surface area contributed by atoms with Crippen molar-refractivity contribution >= 4 is 23.4 Å². The van der Waals surface area contributed by atoms with Crippen molar-refractivity contribution in [2.24, 2.45) is 5.73 Å². The maximum Gasteiger partial charge on any atom is 0.323 e. The molecule has 2 aromatic heterocycles. The Labute approximate surface area is 209 Å². The Bertz CT molecular complexity index is 1150. The van der Waals surface area contributed by atoms with E-state index in [-0.39, 0.29) is 18.2 Å². The first-order valence-corrected chi connectivity index (χ1v) is 12.2. The number of fused-ring (bicyclic) bond motifs is 2. The van der Waals surface area contributed by atoms with E-state index in [0.717, 1.165) is 44.3 Å². The van der Waals surface area contributed by atoms with Crippen LogP contribution in [0, 0.1) is 0 Å². The number of ether oxygens (including phenoxy) is 2. The molecule has 2 atom stereocenters. The van der Waals surface area contributed by atoms with Crippen LogP contribution in [0.25, 0.3) is 11.4 Å². The fourth-order valence-electron chi connectivity index (χ4n) is 4.30. The molecular weight excluding hydrogens is 460 g/mol. The summed E-state index contributed by atoms with van der Waals surface area (Å²) in [6.07, 6.45) is 7.47. The molecule has 3 aromatic rings. The molecule has 11 nitrogen and oxygen atoms in total. The number of urea groups is 1. The van der Waals surface area contributed by atoms with Crippen LogP contribution in [0.2, 0.25) is 0 Å². The Hall–Kier alpha value is -3.83. The zero-order chi connectivity index (χ0) is 24.7. The standard InChI is InChI=1S/C25H30N8O3/c26-11-1-2-13-35-25-31-22(30-23(32-25)33-15-20-9-10-21(16-33)36-20)17-5-7-18(8-6-17)28-24(34)29-19-4-3-12-27-14-19/h3-8,12,14,20-21H,1-2,9-11,13,15-16,26H2,(H2,28,29,34). The second kappa shape index (κ2) is 11.3. The Morgan fingerprint density at radius 1 is 1.03 bits per heavy atom. The zero-order valence-electron chi connectivity index (χ0n) is 20.0. The number of hydrogen-bond donors (Lipinski definition) is 3. The van der Waals surface area contributed by atoms with Crippen molar-refractivity contribution in [1.29, 1.82) is 0 Å². The molecule has 36 heavy (non-hydrogen) atoms. The highest BCUT2D eigenvalue weighted by Crippen LogP contribution is 2.30. The molecule has 11 heteroatoms. The van der Waals surface area contributed by atoms with Gasteiger partial charge in [0.2, 0.25) is 5.95 Å². The Balaban J connectivity index is 1.31. The lowest BCUT2D eigenvalue weighted by Gasteiger charge is -2.32. The average Bonchev–Trinajstić information content (AvgIpc) is 3.24. The molecule has 188 valence electrons. The van der Waals surface area contributed by atoms with Gasteiger partial charge in [0.15, 0.2) is 5.82 Å². The molecule has 0 saturated carbocycles. The zero-order valence-corrected chi connectivity index (χ0v) is 20.0. The van der Waals surface area contributed by atoms with E-state index in [1.807, 2.05) is 12.1 Å². The lowest BCUT2D eigenvalue weighted by molar-refractivity contribution is 0.0298. The van der Waals surface area contributed by atoms with Gasteiger partial charge in [-0.3, -0.25) is 4.98 Å². The average molecular weight is 491 g/mol. The Morgan fingerprint density at radius 3 is 2.53 bits per heavy atom. The van der Waals surface area contributed by atoms with Gasteiger partial charge in [-0.2, -0.15) is 15.0 Å². The number of aromatic nitrogens is 4. The maximum atomic E-state index is 12.3. The lowest BCUT2D eigenvalue weighted by atomic mass is 10.2. The molecule has 0 spiro atoms. The summed E-state index contributed by atoms with van der Waals surface area (Å²) in [5.41, 5.74) is 7.63. The first kappa shape index (κ1) is 23.9. The van der Waals surface area contributed by atoms with Gasteiger partial charge >= 0.3 is 12.0 Å². The number of nitrogens with zero attached hydrogens (tertiary/aromatic N) is 5. The molecule has 2 amide bonds. The minimum Gasteiger partial charge on any atom is -0.463 e. The fourth-order valence-corrected chi connectivity index (χ4v) is 4.30. The van der Waals surface area contributed by atoms with Gasteiger partial charge in [0, 0.05) is 30.5 Å². The number of carbonyl (C=O) groups is 1. The summed E-state index contributed by atoms with van der Waals surface area (Å²) in [7, 11) is 0. The van der Waals surface area contributed by atoms with Gasteiger partial charge in [0.05, 0.1) is 30.7 Å². The van der Waals surface area contributed by atoms with E-state index in [1.165, 1.54) is 0 Å². The van der Waals surface area contributed by atoms with E-state index >= 15 is 0 Å². The van der Waals surface area contributed by atoms with Crippen LogP contribution in [0.5, 0.6) is 6.01 Å². The second-order valence-electron chi connectivity index (χ2n) is 8.85. The first-order valence-electron chi connectivity index (χ1n) is 12.2. The van der Waals surface area contributed by atoms with Gasteiger partial charge in [0.1, 0.15) is 0 Å². The van der Waals surface area contributed by atoms with Gasteiger partial charge in [-0.15, -0.1) is 0 Å². The third kappa shape index (κ3) is 6.04. The van der Waals surface area contributed by atoms with E-state index in [1.54, 1.807) is 36.7 Å². The van der Waals surface area contributed by atoms with Crippen molar-refractivity contribution in [2.75, 3.05) is 41.8 Å². The predicted molar refractivity (Wildman–Crippen MR) is 136 cm³/mol. The number of nitrogens with two attached hydrogens (primary N) is 1. The molecule has 1 aromatic carbocycles.